The zero-order valence-electron chi connectivity index (χ0n) is 14.4. The van der Waals surface area contributed by atoms with Crippen molar-refractivity contribution in [3.63, 3.8) is 0 Å². The Kier molecular flexibility index (Phi) is 5.33. The van der Waals surface area contributed by atoms with E-state index in [2.05, 4.69) is 9.97 Å². The van der Waals surface area contributed by atoms with Crippen LogP contribution in [0.1, 0.15) is 5.56 Å². The molecule has 0 unspecified atom stereocenters. The first-order chi connectivity index (χ1) is 13.0. The molecule has 1 aliphatic rings. The fourth-order valence-electron chi connectivity index (χ4n) is 2.80. The van der Waals surface area contributed by atoms with Crippen LogP contribution in [0.4, 0.5) is 5.82 Å². The van der Waals surface area contributed by atoms with Crippen LogP contribution < -0.4 is 5.73 Å². The Morgan fingerprint density at radius 2 is 2.04 bits per heavy atom. The van der Waals surface area contributed by atoms with E-state index >= 15 is 0 Å². The molecule has 1 fully saturated rings. The van der Waals surface area contributed by atoms with Gasteiger partial charge in [0, 0.05) is 18.8 Å². The lowest BCUT2D eigenvalue weighted by atomic mass is 10.2. The molecule has 27 heavy (non-hydrogen) atoms. The first kappa shape index (κ1) is 18.6. The molecule has 0 amide bonds. The Labute approximate surface area is 165 Å². The summed E-state index contributed by atoms with van der Waals surface area (Å²) in [5.74, 6) is 1.02. The predicted octanol–water partition coefficient (Wildman–Crippen LogP) is 2.59. The van der Waals surface area contributed by atoms with Crippen LogP contribution >= 0.6 is 23.1 Å². The molecule has 2 aromatic heterocycles. The molecule has 3 aromatic rings. The van der Waals surface area contributed by atoms with E-state index in [1.54, 1.807) is 18.2 Å². The molecule has 0 atom stereocenters. The molecular weight excluding hydrogens is 404 g/mol. The van der Waals surface area contributed by atoms with Crippen LogP contribution in [0.25, 0.3) is 10.2 Å². The van der Waals surface area contributed by atoms with E-state index in [1.165, 1.54) is 27.4 Å². The van der Waals surface area contributed by atoms with Crippen LogP contribution in [-0.4, -0.2) is 49.0 Å². The lowest BCUT2D eigenvalue weighted by molar-refractivity contribution is 0.0730. The molecule has 10 heteroatoms. The van der Waals surface area contributed by atoms with E-state index < -0.39 is 10.0 Å². The van der Waals surface area contributed by atoms with Crippen LogP contribution in [0.5, 0.6) is 0 Å². The molecule has 4 rings (SSSR count). The summed E-state index contributed by atoms with van der Waals surface area (Å²) < 4.78 is 32.3. The zero-order valence-corrected chi connectivity index (χ0v) is 16.8. The lowest BCUT2D eigenvalue weighted by Crippen LogP contribution is -2.40. The Morgan fingerprint density at radius 1 is 1.22 bits per heavy atom. The van der Waals surface area contributed by atoms with Gasteiger partial charge in [-0.2, -0.15) is 4.31 Å². The number of anilines is 1. The minimum Gasteiger partial charge on any atom is -0.383 e. The van der Waals surface area contributed by atoms with Crippen molar-refractivity contribution in [1.82, 2.24) is 14.3 Å². The van der Waals surface area contributed by atoms with Crippen LogP contribution in [-0.2, 0) is 20.5 Å². The minimum atomic E-state index is -3.50. The quantitative estimate of drug-likeness (QED) is 0.498. The third-order valence-corrected chi connectivity index (χ3v) is 7.83. The number of morpholine rings is 1. The predicted molar refractivity (Wildman–Crippen MR) is 107 cm³/mol. The first-order valence-corrected chi connectivity index (χ1v) is 11.6. The molecule has 1 aromatic carbocycles. The average Bonchev–Trinajstić information content (AvgIpc) is 3.17. The number of sulfonamides is 1. The van der Waals surface area contributed by atoms with E-state index in [1.807, 2.05) is 17.5 Å². The van der Waals surface area contributed by atoms with Gasteiger partial charge in [-0.3, -0.25) is 0 Å². The molecule has 1 saturated heterocycles. The lowest BCUT2D eigenvalue weighted by Gasteiger charge is -2.26. The number of aromatic nitrogens is 2. The van der Waals surface area contributed by atoms with Gasteiger partial charge in [-0.1, -0.05) is 23.9 Å². The van der Waals surface area contributed by atoms with Gasteiger partial charge < -0.3 is 10.5 Å². The molecule has 0 bridgehead atoms. The van der Waals surface area contributed by atoms with Crippen LogP contribution in [0, 0.1) is 0 Å². The van der Waals surface area contributed by atoms with E-state index in [9.17, 15) is 8.42 Å². The van der Waals surface area contributed by atoms with E-state index in [4.69, 9.17) is 10.5 Å². The number of ether oxygens (including phenoxy) is 1. The molecule has 0 spiro atoms. The van der Waals surface area contributed by atoms with Gasteiger partial charge in [0.2, 0.25) is 10.0 Å². The summed E-state index contributed by atoms with van der Waals surface area (Å²) in [5, 5.41) is 3.39. The largest absolute Gasteiger partial charge is 0.383 e. The van der Waals surface area contributed by atoms with Gasteiger partial charge in [0.25, 0.3) is 0 Å². The molecule has 1 aliphatic heterocycles. The maximum Gasteiger partial charge on any atom is 0.243 e. The second-order valence-corrected chi connectivity index (χ2v) is 9.76. The molecule has 2 N–H and O–H groups in total. The summed E-state index contributed by atoms with van der Waals surface area (Å²) in [6.45, 7) is 1.63. The first-order valence-electron chi connectivity index (χ1n) is 8.34. The Hall–Kier alpha value is -1.72. The molecule has 0 radical (unpaired) electrons. The van der Waals surface area contributed by atoms with Gasteiger partial charge in [0.1, 0.15) is 10.6 Å². The molecule has 0 saturated carbocycles. The molecular formula is C17H18N4O3S3. The molecule has 142 valence electrons. The molecule has 7 nitrogen and oxygen atoms in total. The van der Waals surface area contributed by atoms with Crippen LogP contribution in [0.2, 0.25) is 0 Å². The summed E-state index contributed by atoms with van der Waals surface area (Å²) in [6, 6.07) is 8.92. The van der Waals surface area contributed by atoms with Crippen molar-refractivity contribution in [3.8, 4) is 0 Å². The summed E-state index contributed by atoms with van der Waals surface area (Å²) >= 11 is 2.96. The van der Waals surface area contributed by atoms with E-state index in [0.717, 1.165) is 15.8 Å². The summed E-state index contributed by atoms with van der Waals surface area (Å²) in [5.41, 5.74) is 6.87. The highest BCUT2D eigenvalue weighted by atomic mass is 32.2. The normalized spacial score (nSPS) is 16.0. The average molecular weight is 423 g/mol. The van der Waals surface area contributed by atoms with Gasteiger partial charge in [0.15, 0.2) is 5.16 Å². The standard InChI is InChI=1S/C17H18N4O3S3/c18-15-14-4-9-25-16(14)20-17(19-15)26-11-12-2-1-3-13(10-12)27(22,23)21-5-7-24-8-6-21/h1-4,9-10H,5-8,11H2,(H2,18,19,20). The van der Waals surface area contributed by atoms with E-state index in [-0.39, 0.29) is 0 Å². The third kappa shape index (κ3) is 3.94. The van der Waals surface area contributed by atoms with Gasteiger partial charge in [-0.15, -0.1) is 11.3 Å². The maximum absolute atomic E-state index is 12.8. The second-order valence-electron chi connectivity index (χ2n) is 5.98. The topological polar surface area (TPSA) is 98.4 Å². The van der Waals surface area contributed by atoms with Gasteiger partial charge in [-0.25, -0.2) is 18.4 Å². The summed E-state index contributed by atoms with van der Waals surface area (Å²) in [7, 11) is -3.50. The maximum atomic E-state index is 12.8. The summed E-state index contributed by atoms with van der Waals surface area (Å²) in [4.78, 5) is 9.99. The number of thiophene rings is 1. The van der Waals surface area contributed by atoms with Crippen molar-refractivity contribution in [2.75, 3.05) is 32.0 Å². The smallest absolute Gasteiger partial charge is 0.243 e. The Bertz CT molecular complexity index is 1060. The van der Waals surface area contributed by atoms with Crippen molar-refractivity contribution in [3.05, 3.63) is 41.3 Å². The van der Waals surface area contributed by atoms with Gasteiger partial charge >= 0.3 is 0 Å². The van der Waals surface area contributed by atoms with Crippen molar-refractivity contribution >= 4 is 49.2 Å². The second kappa shape index (κ2) is 7.72. The highest BCUT2D eigenvalue weighted by molar-refractivity contribution is 7.98. The van der Waals surface area contributed by atoms with Gasteiger partial charge in [0.05, 0.1) is 23.5 Å². The van der Waals surface area contributed by atoms with Crippen molar-refractivity contribution in [1.29, 1.82) is 0 Å². The van der Waals surface area contributed by atoms with Crippen LogP contribution in [0.3, 0.4) is 0 Å². The number of nitrogens with zero attached hydrogens (tertiary/aromatic N) is 3. The number of thioether (sulfide) groups is 1. The highest BCUT2D eigenvalue weighted by Crippen LogP contribution is 2.28. The molecule has 3 heterocycles. The molecule has 0 aliphatic carbocycles. The fraction of sp³-hybridized carbons (Fsp3) is 0.294. The fourth-order valence-corrected chi connectivity index (χ4v) is 5.90. The summed E-state index contributed by atoms with van der Waals surface area (Å²) in [6.07, 6.45) is 0. The van der Waals surface area contributed by atoms with E-state index in [0.29, 0.717) is 47.9 Å². The van der Waals surface area contributed by atoms with Crippen molar-refractivity contribution in [2.24, 2.45) is 0 Å². The number of nitrogens with two attached hydrogens (primary N) is 1. The van der Waals surface area contributed by atoms with Crippen molar-refractivity contribution in [2.45, 2.75) is 15.8 Å². The number of benzene rings is 1. The number of nitrogen functional groups attached to an aromatic ring is 1. The third-order valence-electron chi connectivity index (χ3n) is 4.21. The van der Waals surface area contributed by atoms with Crippen LogP contribution in [0.15, 0.2) is 45.8 Å². The zero-order chi connectivity index (χ0) is 18.9. The monoisotopic (exact) mass is 422 g/mol. The Morgan fingerprint density at radius 3 is 2.85 bits per heavy atom. The Balaban J connectivity index is 1.52. The number of rotatable bonds is 5. The number of fused-ring (bicyclic) bond motifs is 1. The number of hydrogen-bond donors (Lipinski definition) is 1. The highest BCUT2D eigenvalue weighted by Gasteiger charge is 2.26. The van der Waals surface area contributed by atoms with Crippen molar-refractivity contribution < 1.29 is 13.2 Å². The van der Waals surface area contributed by atoms with Gasteiger partial charge in [-0.05, 0) is 29.1 Å². The SMILES string of the molecule is Nc1nc(SCc2cccc(S(=O)(=O)N3CCOCC3)c2)nc2sccc12. The number of hydrogen-bond acceptors (Lipinski definition) is 8. The minimum absolute atomic E-state index is 0.302.